The van der Waals surface area contributed by atoms with Gasteiger partial charge in [-0.05, 0) is 53.3 Å². The van der Waals surface area contributed by atoms with Gasteiger partial charge in [-0.1, -0.05) is 100 Å². The van der Waals surface area contributed by atoms with Crippen molar-refractivity contribution in [2.45, 2.75) is 39.5 Å². The van der Waals surface area contributed by atoms with E-state index in [1.165, 1.54) is 16.8 Å². The van der Waals surface area contributed by atoms with Crippen molar-refractivity contribution in [3.05, 3.63) is 114 Å². The quantitative estimate of drug-likeness (QED) is 0.226. The van der Waals surface area contributed by atoms with E-state index in [1.54, 1.807) is 0 Å². The van der Waals surface area contributed by atoms with Crippen molar-refractivity contribution in [2.24, 2.45) is 0 Å². The van der Waals surface area contributed by atoms with Crippen molar-refractivity contribution in [3.8, 4) is 28.3 Å². The fourth-order valence-corrected chi connectivity index (χ4v) is 5.83. The number of nitrogens with zero attached hydrogens (tertiary/aromatic N) is 3. The molecule has 4 nitrogen and oxygen atoms in total. The van der Waals surface area contributed by atoms with Gasteiger partial charge in [-0.2, -0.15) is 0 Å². The second-order valence-electron chi connectivity index (χ2n) is 11.1. The summed E-state index contributed by atoms with van der Waals surface area (Å²) >= 11 is 0. The Morgan fingerprint density at radius 3 is 2.08 bits per heavy atom. The van der Waals surface area contributed by atoms with Gasteiger partial charge in [-0.15, -0.1) is 0 Å². The van der Waals surface area contributed by atoms with Gasteiger partial charge in [0.2, 0.25) is 5.71 Å². The van der Waals surface area contributed by atoms with E-state index in [1.807, 2.05) is 18.2 Å². The number of para-hydroxylation sites is 4. The maximum Gasteiger partial charge on any atom is 0.227 e. The molecule has 0 bridgehead atoms. The third-order valence-corrected chi connectivity index (χ3v) is 7.80. The Hall–Kier alpha value is -4.70. The Morgan fingerprint density at radius 1 is 0.625 bits per heavy atom. The van der Waals surface area contributed by atoms with E-state index in [4.69, 9.17) is 14.4 Å². The zero-order valence-electron chi connectivity index (χ0n) is 23.2. The number of benzene rings is 4. The first kappa shape index (κ1) is 24.3. The minimum absolute atomic E-state index is 0.352. The average molecular weight is 522 g/mol. The van der Waals surface area contributed by atoms with E-state index in [0.29, 0.717) is 17.5 Å². The number of furan rings is 1. The number of hydrogen-bond acceptors (Lipinski definition) is 3. The largest absolute Gasteiger partial charge is 0.437 e. The molecular weight excluding hydrogens is 490 g/mol. The minimum atomic E-state index is 0.352. The average Bonchev–Trinajstić information content (AvgIpc) is 3.55. The summed E-state index contributed by atoms with van der Waals surface area (Å²) in [5.74, 6) is 1.58. The molecule has 0 unspecified atom stereocenters. The van der Waals surface area contributed by atoms with Crippen LogP contribution in [0.3, 0.4) is 0 Å². The standard InChI is InChI=1S/C36H31N3O/c1-22(2)25-14-10-15-26(23(3)4)33(25)39-32-19-9-8-18-31(32)37-35(39)29-17-11-16-27-28-20-21-30(24-12-6-5-7-13-24)38-36(28)40-34(27)29/h5-23H,1-4H3. The molecule has 40 heavy (non-hydrogen) atoms. The van der Waals surface area contributed by atoms with Crippen LogP contribution in [0, 0.1) is 0 Å². The van der Waals surface area contributed by atoms with Crippen LogP contribution in [0.5, 0.6) is 0 Å². The lowest BCUT2D eigenvalue weighted by Crippen LogP contribution is -2.08. The van der Waals surface area contributed by atoms with Gasteiger partial charge >= 0.3 is 0 Å². The summed E-state index contributed by atoms with van der Waals surface area (Å²) in [5.41, 5.74) is 10.2. The molecule has 0 fully saturated rings. The lowest BCUT2D eigenvalue weighted by Gasteiger charge is -2.22. The van der Waals surface area contributed by atoms with Crippen LogP contribution in [0.2, 0.25) is 0 Å². The Morgan fingerprint density at radius 2 is 1.32 bits per heavy atom. The van der Waals surface area contributed by atoms with E-state index in [9.17, 15) is 0 Å². The fraction of sp³-hybridized carbons (Fsp3) is 0.167. The molecule has 4 heteroatoms. The van der Waals surface area contributed by atoms with Crippen molar-refractivity contribution >= 4 is 33.1 Å². The van der Waals surface area contributed by atoms with E-state index < -0.39 is 0 Å². The molecule has 0 saturated carbocycles. The summed E-state index contributed by atoms with van der Waals surface area (Å²) in [6.07, 6.45) is 0. The molecular formula is C36H31N3O. The van der Waals surface area contributed by atoms with Crippen molar-refractivity contribution in [1.29, 1.82) is 0 Å². The van der Waals surface area contributed by atoms with Crippen LogP contribution in [-0.2, 0) is 0 Å². The van der Waals surface area contributed by atoms with Crippen LogP contribution in [0.15, 0.2) is 108 Å². The third kappa shape index (κ3) is 3.83. The SMILES string of the molecule is CC(C)c1cccc(C(C)C)c1-n1c(-c2cccc3c2oc2nc(-c4ccccc4)ccc23)nc2ccccc21. The second kappa shape index (κ2) is 9.49. The van der Waals surface area contributed by atoms with E-state index in [2.05, 4.69) is 117 Å². The Kier molecular flexibility index (Phi) is 5.78. The van der Waals surface area contributed by atoms with Gasteiger partial charge in [0.1, 0.15) is 11.4 Å². The fourth-order valence-electron chi connectivity index (χ4n) is 5.83. The van der Waals surface area contributed by atoms with Gasteiger partial charge in [0, 0.05) is 16.3 Å². The van der Waals surface area contributed by atoms with Crippen LogP contribution in [0.4, 0.5) is 0 Å². The summed E-state index contributed by atoms with van der Waals surface area (Å²) in [6, 6.07) is 35.8. The monoisotopic (exact) mass is 521 g/mol. The molecule has 196 valence electrons. The number of aromatic nitrogens is 3. The summed E-state index contributed by atoms with van der Waals surface area (Å²) in [4.78, 5) is 10.1. The van der Waals surface area contributed by atoms with Gasteiger partial charge in [-0.25, -0.2) is 9.97 Å². The first-order chi connectivity index (χ1) is 19.5. The Labute approximate surface area is 233 Å². The zero-order valence-corrected chi connectivity index (χ0v) is 23.2. The van der Waals surface area contributed by atoms with Gasteiger partial charge in [0.25, 0.3) is 0 Å². The zero-order chi connectivity index (χ0) is 27.4. The van der Waals surface area contributed by atoms with E-state index in [0.717, 1.165) is 50.0 Å². The first-order valence-corrected chi connectivity index (χ1v) is 14.0. The van der Waals surface area contributed by atoms with Crippen molar-refractivity contribution in [2.75, 3.05) is 0 Å². The molecule has 0 saturated heterocycles. The number of pyridine rings is 1. The highest BCUT2D eigenvalue weighted by atomic mass is 16.3. The van der Waals surface area contributed by atoms with Crippen molar-refractivity contribution < 1.29 is 4.42 Å². The van der Waals surface area contributed by atoms with E-state index in [-0.39, 0.29) is 0 Å². The van der Waals surface area contributed by atoms with Crippen LogP contribution in [0.1, 0.15) is 50.7 Å². The minimum Gasteiger partial charge on any atom is -0.437 e. The van der Waals surface area contributed by atoms with Crippen LogP contribution in [-0.4, -0.2) is 14.5 Å². The highest BCUT2D eigenvalue weighted by molar-refractivity contribution is 6.09. The molecule has 4 aromatic carbocycles. The van der Waals surface area contributed by atoms with Crippen LogP contribution >= 0.6 is 0 Å². The van der Waals surface area contributed by atoms with Gasteiger partial charge in [0.15, 0.2) is 0 Å². The van der Waals surface area contributed by atoms with Gasteiger partial charge in [-0.3, -0.25) is 4.57 Å². The molecule has 0 N–H and O–H groups in total. The van der Waals surface area contributed by atoms with Crippen LogP contribution in [0.25, 0.3) is 61.4 Å². The number of imidazole rings is 1. The third-order valence-electron chi connectivity index (χ3n) is 7.80. The van der Waals surface area contributed by atoms with Gasteiger partial charge < -0.3 is 4.42 Å². The Bertz CT molecular complexity index is 1990. The molecule has 0 spiro atoms. The topological polar surface area (TPSA) is 43.9 Å². The van der Waals surface area contributed by atoms with Crippen molar-refractivity contribution in [1.82, 2.24) is 14.5 Å². The predicted molar refractivity (Wildman–Crippen MR) is 165 cm³/mol. The van der Waals surface area contributed by atoms with E-state index >= 15 is 0 Å². The summed E-state index contributed by atoms with van der Waals surface area (Å²) in [7, 11) is 0. The summed E-state index contributed by atoms with van der Waals surface area (Å²) in [5, 5.41) is 2.05. The summed E-state index contributed by atoms with van der Waals surface area (Å²) < 4.78 is 8.93. The van der Waals surface area contributed by atoms with Gasteiger partial charge in [0.05, 0.1) is 28.0 Å². The molecule has 7 rings (SSSR count). The molecule has 0 amide bonds. The predicted octanol–water partition coefficient (Wildman–Crippen LogP) is 9.90. The number of fused-ring (bicyclic) bond motifs is 4. The number of rotatable bonds is 5. The lowest BCUT2D eigenvalue weighted by atomic mass is 9.92. The maximum atomic E-state index is 6.58. The smallest absolute Gasteiger partial charge is 0.227 e. The lowest BCUT2D eigenvalue weighted by molar-refractivity contribution is 0.655. The molecule has 0 aliphatic heterocycles. The molecule has 0 aliphatic rings. The normalized spacial score (nSPS) is 11.9. The molecule has 0 radical (unpaired) electrons. The molecule has 0 aliphatic carbocycles. The Balaban J connectivity index is 1.54. The summed E-state index contributed by atoms with van der Waals surface area (Å²) in [6.45, 7) is 9.05. The van der Waals surface area contributed by atoms with Crippen LogP contribution < -0.4 is 0 Å². The molecule has 3 heterocycles. The molecule has 3 aromatic heterocycles. The maximum absolute atomic E-state index is 6.58. The highest BCUT2D eigenvalue weighted by Crippen LogP contribution is 2.41. The highest BCUT2D eigenvalue weighted by Gasteiger charge is 2.24. The first-order valence-electron chi connectivity index (χ1n) is 14.0. The second-order valence-corrected chi connectivity index (χ2v) is 11.1. The molecule has 0 atom stereocenters. The van der Waals surface area contributed by atoms with Crippen molar-refractivity contribution in [3.63, 3.8) is 0 Å². The number of hydrogen-bond donors (Lipinski definition) is 0. The molecule has 7 aromatic rings.